The maximum Gasteiger partial charge on any atom is 0.255 e. The molecule has 0 aromatic carbocycles. The van der Waals surface area contributed by atoms with Crippen LogP contribution in [0.15, 0.2) is 18.3 Å². The highest BCUT2D eigenvalue weighted by Crippen LogP contribution is 2.18. The first-order valence-electron chi connectivity index (χ1n) is 6.09. The molecule has 2 N–H and O–H groups in total. The Morgan fingerprint density at radius 1 is 1.56 bits per heavy atom. The Bertz CT molecular complexity index is 458. The van der Waals surface area contributed by atoms with Crippen LogP contribution in [0.25, 0.3) is 0 Å². The molecular weight excluding hydrogens is 246 g/mol. The molecule has 2 rings (SSSR count). The first kappa shape index (κ1) is 13.0. The third-order valence-electron chi connectivity index (χ3n) is 3.27. The third kappa shape index (κ3) is 2.85. The number of hydrogen-bond donors (Lipinski definition) is 1. The Labute approximate surface area is 112 Å². The largest absolute Gasteiger partial charge is 0.393 e. The van der Waals surface area contributed by atoms with Gasteiger partial charge < -0.3 is 10.6 Å². The van der Waals surface area contributed by atoms with Gasteiger partial charge in [0.25, 0.3) is 5.91 Å². The summed E-state index contributed by atoms with van der Waals surface area (Å²) in [5, 5.41) is 0. The van der Waals surface area contributed by atoms with Crippen LogP contribution in [0.3, 0.4) is 0 Å². The van der Waals surface area contributed by atoms with E-state index in [1.807, 2.05) is 24.0 Å². The fraction of sp³-hybridized carbons (Fsp3) is 0.462. The molecule has 1 amide bonds. The second-order valence-electron chi connectivity index (χ2n) is 4.68. The van der Waals surface area contributed by atoms with Crippen LogP contribution in [-0.2, 0) is 0 Å². The topological polar surface area (TPSA) is 59.2 Å². The van der Waals surface area contributed by atoms with E-state index in [0.717, 1.165) is 25.1 Å². The van der Waals surface area contributed by atoms with E-state index in [1.54, 1.807) is 6.20 Å². The molecule has 1 aliphatic heterocycles. The molecule has 0 saturated carbocycles. The molecule has 1 aromatic heterocycles. The Kier molecular flexibility index (Phi) is 3.91. The summed E-state index contributed by atoms with van der Waals surface area (Å²) in [7, 11) is 0. The number of carbonyl (C=O) groups excluding carboxylic acids is 1. The number of hydrogen-bond acceptors (Lipinski definition) is 3. The van der Waals surface area contributed by atoms with Crippen molar-refractivity contribution in [3.63, 3.8) is 0 Å². The molecule has 1 saturated heterocycles. The smallest absolute Gasteiger partial charge is 0.255 e. The molecule has 2 heterocycles. The molecule has 0 spiro atoms. The van der Waals surface area contributed by atoms with E-state index in [4.69, 9.17) is 18.0 Å². The zero-order valence-electron chi connectivity index (χ0n) is 10.4. The Morgan fingerprint density at radius 3 is 2.94 bits per heavy atom. The number of aryl methyl sites for hydroxylation is 1. The van der Waals surface area contributed by atoms with E-state index in [0.29, 0.717) is 17.1 Å². The van der Waals surface area contributed by atoms with E-state index < -0.39 is 0 Å². The van der Waals surface area contributed by atoms with Gasteiger partial charge in [-0.1, -0.05) is 12.2 Å². The summed E-state index contributed by atoms with van der Waals surface area (Å²) in [6, 6.07) is 3.66. The van der Waals surface area contributed by atoms with Crippen molar-refractivity contribution in [1.29, 1.82) is 0 Å². The lowest BCUT2D eigenvalue weighted by molar-refractivity contribution is 0.0703. The average Bonchev–Trinajstić information content (AvgIpc) is 2.39. The number of nitrogens with zero attached hydrogens (tertiary/aromatic N) is 2. The second-order valence-corrected chi connectivity index (χ2v) is 5.15. The zero-order chi connectivity index (χ0) is 13.1. The number of pyridine rings is 1. The summed E-state index contributed by atoms with van der Waals surface area (Å²) in [5.74, 6) is 0.166. The summed E-state index contributed by atoms with van der Waals surface area (Å²) < 4.78 is 0. The highest BCUT2D eigenvalue weighted by molar-refractivity contribution is 7.80. The first-order valence-corrected chi connectivity index (χ1v) is 6.50. The van der Waals surface area contributed by atoms with Gasteiger partial charge in [-0.25, -0.2) is 0 Å². The van der Waals surface area contributed by atoms with E-state index in [9.17, 15) is 4.79 Å². The number of carbonyl (C=O) groups is 1. The maximum atomic E-state index is 12.3. The summed E-state index contributed by atoms with van der Waals surface area (Å²) in [5.41, 5.74) is 7.21. The van der Waals surface area contributed by atoms with Gasteiger partial charge in [0, 0.05) is 30.9 Å². The van der Waals surface area contributed by atoms with E-state index in [1.165, 1.54) is 0 Å². The van der Waals surface area contributed by atoms with Crippen molar-refractivity contribution in [2.24, 2.45) is 11.7 Å². The fourth-order valence-corrected chi connectivity index (χ4v) is 2.36. The number of rotatable bonds is 2. The monoisotopic (exact) mass is 263 g/mol. The summed E-state index contributed by atoms with van der Waals surface area (Å²) in [6.07, 6.45) is 3.56. The van der Waals surface area contributed by atoms with Gasteiger partial charge >= 0.3 is 0 Å². The van der Waals surface area contributed by atoms with E-state index in [-0.39, 0.29) is 11.8 Å². The molecule has 0 radical (unpaired) electrons. The van der Waals surface area contributed by atoms with Crippen LogP contribution in [0.4, 0.5) is 0 Å². The number of thiocarbonyl (C=S) groups is 1. The maximum absolute atomic E-state index is 12.3. The Morgan fingerprint density at radius 2 is 2.33 bits per heavy atom. The molecule has 1 fully saturated rings. The third-order valence-corrected chi connectivity index (χ3v) is 3.60. The predicted molar refractivity (Wildman–Crippen MR) is 74.4 cm³/mol. The molecule has 5 heteroatoms. The van der Waals surface area contributed by atoms with Crippen molar-refractivity contribution in [2.45, 2.75) is 19.8 Å². The van der Waals surface area contributed by atoms with Crippen LogP contribution in [0.2, 0.25) is 0 Å². The van der Waals surface area contributed by atoms with Crippen molar-refractivity contribution in [2.75, 3.05) is 13.1 Å². The molecule has 4 nitrogen and oxygen atoms in total. The molecule has 96 valence electrons. The SMILES string of the molecule is Cc1ccc(C(=O)N2CCCC(C(N)=S)C2)cn1. The van der Waals surface area contributed by atoms with Gasteiger partial charge in [0.05, 0.1) is 10.6 Å². The quantitative estimate of drug-likeness (QED) is 0.822. The molecule has 1 aromatic rings. The van der Waals surface area contributed by atoms with Crippen molar-refractivity contribution in [1.82, 2.24) is 9.88 Å². The van der Waals surface area contributed by atoms with Gasteiger partial charge in [0.2, 0.25) is 0 Å². The first-order chi connectivity index (χ1) is 8.58. The lowest BCUT2D eigenvalue weighted by Gasteiger charge is -2.32. The number of likely N-dealkylation sites (tertiary alicyclic amines) is 1. The molecular formula is C13H17N3OS. The minimum Gasteiger partial charge on any atom is -0.393 e. The molecule has 1 atom stereocenters. The van der Waals surface area contributed by atoms with Gasteiger partial charge in [-0.15, -0.1) is 0 Å². The molecule has 1 unspecified atom stereocenters. The number of aromatic nitrogens is 1. The van der Waals surface area contributed by atoms with Crippen LogP contribution < -0.4 is 5.73 Å². The summed E-state index contributed by atoms with van der Waals surface area (Å²) in [4.78, 5) is 18.8. The summed E-state index contributed by atoms with van der Waals surface area (Å²) >= 11 is 5.02. The lowest BCUT2D eigenvalue weighted by atomic mass is 9.97. The lowest BCUT2D eigenvalue weighted by Crippen LogP contribution is -2.43. The normalized spacial score (nSPS) is 19.6. The Balaban J connectivity index is 2.09. The molecule has 1 aliphatic rings. The number of amides is 1. The van der Waals surface area contributed by atoms with Gasteiger partial charge in [-0.2, -0.15) is 0 Å². The second kappa shape index (κ2) is 5.44. The average molecular weight is 263 g/mol. The van der Waals surface area contributed by atoms with Gasteiger partial charge in [0.15, 0.2) is 0 Å². The van der Waals surface area contributed by atoms with Gasteiger partial charge in [0.1, 0.15) is 0 Å². The van der Waals surface area contributed by atoms with E-state index >= 15 is 0 Å². The number of piperidine rings is 1. The van der Waals surface area contributed by atoms with Crippen LogP contribution in [0.5, 0.6) is 0 Å². The fourth-order valence-electron chi connectivity index (χ4n) is 2.17. The van der Waals surface area contributed by atoms with Crippen LogP contribution in [-0.4, -0.2) is 33.9 Å². The van der Waals surface area contributed by atoms with Crippen molar-refractivity contribution in [3.8, 4) is 0 Å². The van der Waals surface area contributed by atoms with E-state index in [2.05, 4.69) is 4.98 Å². The standard InChI is InChI=1S/C13H17N3OS/c1-9-4-5-10(7-15-9)13(17)16-6-2-3-11(8-16)12(14)18/h4-5,7,11H,2-3,6,8H2,1H3,(H2,14,18). The molecule has 0 bridgehead atoms. The Hall–Kier alpha value is -1.49. The predicted octanol–water partition coefficient (Wildman–Crippen LogP) is 1.53. The highest BCUT2D eigenvalue weighted by atomic mass is 32.1. The number of nitrogens with two attached hydrogens (primary N) is 1. The van der Waals surface area contributed by atoms with Crippen LogP contribution >= 0.6 is 12.2 Å². The van der Waals surface area contributed by atoms with Crippen LogP contribution in [0, 0.1) is 12.8 Å². The van der Waals surface area contributed by atoms with Crippen LogP contribution in [0.1, 0.15) is 28.9 Å². The summed E-state index contributed by atoms with van der Waals surface area (Å²) in [6.45, 7) is 3.30. The minimum atomic E-state index is 0.0171. The van der Waals surface area contributed by atoms with Crippen molar-refractivity contribution >= 4 is 23.1 Å². The minimum absolute atomic E-state index is 0.0171. The molecule has 0 aliphatic carbocycles. The van der Waals surface area contributed by atoms with Gasteiger partial charge in [-0.05, 0) is 31.9 Å². The van der Waals surface area contributed by atoms with Crippen molar-refractivity contribution < 1.29 is 4.79 Å². The molecule has 18 heavy (non-hydrogen) atoms. The van der Waals surface area contributed by atoms with Crippen molar-refractivity contribution in [3.05, 3.63) is 29.6 Å². The highest BCUT2D eigenvalue weighted by Gasteiger charge is 2.25. The van der Waals surface area contributed by atoms with Gasteiger partial charge in [-0.3, -0.25) is 9.78 Å². The zero-order valence-corrected chi connectivity index (χ0v) is 11.2.